The van der Waals surface area contributed by atoms with Crippen molar-refractivity contribution in [3.63, 3.8) is 0 Å². The third-order valence-electron chi connectivity index (χ3n) is 5.41. The Labute approximate surface area is 172 Å². The number of imidazole rings is 2. The molecule has 0 bridgehead atoms. The lowest BCUT2D eigenvalue weighted by Gasteiger charge is -2.09. The summed E-state index contributed by atoms with van der Waals surface area (Å²) in [4.78, 5) is 5.08. The summed E-state index contributed by atoms with van der Waals surface area (Å²) in [6, 6.07) is 31.0. The molecular formula is C25H16ClN3. The van der Waals surface area contributed by atoms with E-state index in [1.165, 1.54) is 5.39 Å². The number of fused-ring (bicyclic) bond motifs is 5. The maximum absolute atomic E-state index is 6.15. The maximum Gasteiger partial charge on any atom is 0.220 e. The second kappa shape index (κ2) is 6.23. The second-order valence-electron chi connectivity index (χ2n) is 7.13. The zero-order valence-electron chi connectivity index (χ0n) is 15.5. The molecule has 0 atom stereocenters. The van der Waals surface area contributed by atoms with Gasteiger partial charge in [0.15, 0.2) is 0 Å². The molecule has 0 fully saturated rings. The lowest BCUT2D eigenvalue weighted by atomic mass is 10.1. The molecule has 0 aliphatic heterocycles. The van der Waals surface area contributed by atoms with Crippen molar-refractivity contribution >= 4 is 39.2 Å². The molecule has 4 heteroatoms. The van der Waals surface area contributed by atoms with Crippen molar-refractivity contribution in [2.24, 2.45) is 0 Å². The van der Waals surface area contributed by atoms with Gasteiger partial charge in [0, 0.05) is 27.9 Å². The first-order chi connectivity index (χ1) is 14.3. The van der Waals surface area contributed by atoms with Gasteiger partial charge < -0.3 is 0 Å². The Morgan fingerprint density at radius 3 is 2.31 bits per heavy atom. The Hall–Kier alpha value is -3.56. The average molecular weight is 394 g/mol. The van der Waals surface area contributed by atoms with Gasteiger partial charge in [-0.05, 0) is 35.7 Å². The molecule has 0 saturated carbocycles. The van der Waals surface area contributed by atoms with Crippen LogP contribution in [0.4, 0.5) is 0 Å². The van der Waals surface area contributed by atoms with Crippen LogP contribution < -0.4 is 0 Å². The van der Waals surface area contributed by atoms with Crippen molar-refractivity contribution in [1.82, 2.24) is 14.0 Å². The Kier molecular flexibility index (Phi) is 3.52. The van der Waals surface area contributed by atoms with E-state index in [4.69, 9.17) is 16.6 Å². The molecule has 0 unspecified atom stereocenters. The zero-order chi connectivity index (χ0) is 19.4. The molecule has 0 amide bonds. The first-order valence-electron chi connectivity index (χ1n) is 9.52. The predicted molar refractivity (Wildman–Crippen MR) is 120 cm³/mol. The molecule has 138 valence electrons. The number of aromatic nitrogens is 3. The topological polar surface area (TPSA) is 22.2 Å². The predicted octanol–water partition coefficient (Wildman–Crippen LogP) is 6.75. The fourth-order valence-electron chi connectivity index (χ4n) is 4.05. The lowest BCUT2D eigenvalue weighted by Crippen LogP contribution is -1.97. The largest absolute Gasteiger partial charge is 0.283 e. The summed E-state index contributed by atoms with van der Waals surface area (Å²) in [5.74, 6) is 0.887. The van der Waals surface area contributed by atoms with Gasteiger partial charge in [-0.2, -0.15) is 0 Å². The molecule has 2 aromatic heterocycles. The van der Waals surface area contributed by atoms with Crippen molar-refractivity contribution in [3.8, 4) is 16.9 Å². The van der Waals surface area contributed by atoms with Crippen LogP contribution in [0.3, 0.4) is 0 Å². The summed E-state index contributed by atoms with van der Waals surface area (Å²) in [5, 5.41) is 3.08. The van der Waals surface area contributed by atoms with Crippen molar-refractivity contribution in [1.29, 1.82) is 0 Å². The van der Waals surface area contributed by atoms with Gasteiger partial charge in [-0.1, -0.05) is 72.3 Å². The summed E-state index contributed by atoms with van der Waals surface area (Å²) >= 11 is 6.15. The maximum atomic E-state index is 6.15. The number of hydrogen-bond acceptors (Lipinski definition) is 1. The molecule has 0 radical (unpaired) electrons. The van der Waals surface area contributed by atoms with Crippen LogP contribution in [0.25, 0.3) is 44.5 Å². The highest BCUT2D eigenvalue weighted by molar-refractivity contribution is 6.30. The third-order valence-corrected chi connectivity index (χ3v) is 5.66. The second-order valence-corrected chi connectivity index (χ2v) is 7.56. The van der Waals surface area contributed by atoms with Gasteiger partial charge in [0.05, 0.1) is 16.7 Å². The van der Waals surface area contributed by atoms with Crippen LogP contribution in [-0.4, -0.2) is 14.0 Å². The van der Waals surface area contributed by atoms with E-state index in [1.54, 1.807) is 0 Å². The monoisotopic (exact) mass is 393 g/mol. The summed E-state index contributed by atoms with van der Waals surface area (Å²) in [5.41, 5.74) is 5.37. The summed E-state index contributed by atoms with van der Waals surface area (Å²) in [6.07, 6.45) is 2.17. The Bertz CT molecular complexity index is 1490. The van der Waals surface area contributed by atoms with Gasteiger partial charge in [-0.25, -0.2) is 4.98 Å². The smallest absolute Gasteiger partial charge is 0.220 e. The zero-order valence-corrected chi connectivity index (χ0v) is 16.2. The summed E-state index contributed by atoms with van der Waals surface area (Å²) in [6.45, 7) is 0. The highest BCUT2D eigenvalue weighted by Crippen LogP contribution is 2.32. The SMILES string of the molecule is Clc1ccc(-n2c(-c3ccccc3)cn3c4ccc5ccccc5c4nc23)cc1. The van der Waals surface area contributed by atoms with E-state index in [2.05, 4.69) is 75.8 Å². The molecule has 4 aromatic carbocycles. The summed E-state index contributed by atoms with van der Waals surface area (Å²) < 4.78 is 4.37. The van der Waals surface area contributed by atoms with Crippen LogP contribution in [0.15, 0.2) is 97.2 Å². The number of nitrogens with zero attached hydrogens (tertiary/aromatic N) is 3. The molecule has 0 saturated heterocycles. The highest BCUT2D eigenvalue weighted by Gasteiger charge is 2.18. The van der Waals surface area contributed by atoms with E-state index < -0.39 is 0 Å². The first kappa shape index (κ1) is 16.4. The van der Waals surface area contributed by atoms with Gasteiger partial charge in [0.2, 0.25) is 5.78 Å². The van der Waals surface area contributed by atoms with Gasteiger partial charge in [-0.15, -0.1) is 0 Å². The third kappa shape index (κ3) is 2.48. The van der Waals surface area contributed by atoms with E-state index in [1.807, 2.05) is 30.3 Å². The highest BCUT2D eigenvalue weighted by atomic mass is 35.5. The molecule has 0 aliphatic carbocycles. The van der Waals surface area contributed by atoms with Crippen LogP contribution in [-0.2, 0) is 0 Å². The van der Waals surface area contributed by atoms with E-state index in [0.29, 0.717) is 0 Å². The Morgan fingerprint density at radius 1 is 0.724 bits per heavy atom. The average Bonchev–Trinajstić information content (AvgIpc) is 3.31. The molecule has 0 aliphatic rings. The van der Waals surface area contributed by atoms with Crippen molar-refractivity contribution in [2.75, 3.05) is 0 Å². The molecular weight excluding hydrogens is 378 g/mol. The van der Waals surface area contributed by atoms with Crippen LogP contribution in [0.5, 0.6) is 0 Å². The molecule has 3 nitrogen and oxygen atoms in total. The minimum absolute atomic E-state index is 0.720. The standard InChI is InChI=1S/C25H16ClN3/c26-19-11-13-20(14-12-19)29-23(18-7-2-1-3-8-18)16-28-22-15-10-17-6-4-5-9-21(17)24(22)27-25(28)29/h1-16H. The van der Waals surface area contributed by atoms with Crippen LogP contribution >= 0.6 is 11.6 Å². The van der Waals surface area contributed by atoms with Crippen molar-refractivity contribution in [3.05, 3.63) is 102 Å². The molecule has 0 N–H and O–H groups in total. The normalized spacial score (nSPS) is 11.6. The minimum atomic E-state index is 0.720. The molecule has 29 heavy (non-hydrogen) atoms. The quantitative estimate of drug-likeness (QED) is 0.319. The fourth-order valence-corrected chi connectivity index (χ4v) is 4.17. The van der Waals surface area contributed by atoms with Gasteiger partial charge in [0.1, 0.15) is 0 Å². The van der Waals surface area contributed by atoms with Crippen molar-refractivity contribution < 1.29 is 0 Å². The first-order valence-corrected chi connectivity index (χ1v) is 9.90. The number of benzene rings is 4. The Balaban J connectivity index is 1.75. The minimum Gasteiger partial charge on any atom is -0.283 e. The van der Waals surface area contributed by atoms with Crippen LogP contribution in [0, 0.1) is 0 Å². The molecule has 2 heterocycles. The number of rotatable bonds is 2. The van der Waals surface area contributed by atoms with E-state index in [0.717, 1.165) is 44.2 Å². The number of halogens is 1. The molecule has 6 rings (SSSR count). The van der Waals surface area contributed by atoms with Crippen LogP contribution in [0.1, 0.15) is 0 Å². The van der Waals surface area contributed by atoms with E-state index >= 15 is 0 Å². The summed E-state index contributed by atoms with van der Waals surface area (Å²) in [7, 11) is 0. The van der Waals surface area contributed by atoms with Crippen LogP contribution in [0.2, 0.25) is 5.02 Å². The Morgan fingerprint density at radius 2 is 1.48 bits per heavy atom. The van der Waals surface area contributed by atoms with Gasteiger partial charge in [0.25, 0.3) is 0 Å². The molecule has 6 aromatic rings. The fraction of sp³-hybridized carbons (Fsp3) is 0. The number of hydrogen-bond donors (Lipinski definition) is 0. The lowest BCUT2D eigenvalue weighted by molar-refractivity contribution is 1.08. The van der Waals surface area contributed by atoms with E-state index in [9.17, 15) is 0 Å². The molecule has 0 spiro atoms. The van der Waals surface area contributed by atoms with Crippen molar-refractivity contribution in [2.45, 2.75) is 0 Å². The van der Waals surface area contributed by atoms with Gasteiger partial charge >= 0.3 is 0 Å². The van der Waals surface area contributed by atoms with E-state index in [-0.39, 0.29) is 0 Å². The van der Waals surface area contributed by atoms with Gasteiger partial charge in [-0.3, -0.25) is 8.97 Å².